The molecule has 0 aliphatic heterocycles. The van der Waals surface area contributed by atoms with Gasteiger partial charge in [-0.25, -0.2) is 4.98 Å². The highest BCUT2D eigenvalue weighted by Crippen LogP contribution is 2.28. The molecule has 0 saturated heterocycles. The van der Waals surface area contributed by atoms with Crippen molar-refractivity contribution in [1.29, 1.82) is 0 Å². The molecule has 1 fully saturated rings. The SMILES string of the molecule is CN(CCOCC1CC1)c1cncc(N)n1. The molecule has 5 nitrogen and oxygen atoms in total. The number of aromatic nitrogens is 2. The van der Waals surface area contributed by atoms with E-state index in [0.717, 1.165) is 31.5 Å². The van der Waals surface area contributed by atoms with Crippen LogP contribution in [-0.4, -0.2) is 36.8 Å². The Bertz CT molecular complexity index is 341. The fourth-order valence-corrected chi connectivity index (χ4v) is 1.40. The van der Waals surface area contributed by atoms with Crippen LogP contribution in [0.3, 0.4) is 0 Å². The van der Waals surface area contributed by atoms with Crippen LogP contribution in [0.15, 0.2) is 12.4 Å². The van der Waals surface area contributed by atoms with Crippen LogP contribution in [0.5, 0.6) is 0 Å². The Morgan fingerprint density at radius 1 is 1.50 bits per heavy atom. The minimum absolute atomic E-state index is 0.447. The van der Waals surface area contributed by atoms with Crippen LogP contribution in [0.25, 0.3) is 0 Å². The Morgan fingerprint density at radius 3 is 3.00 bits per heavy atom. The largest absolute Gasteiger partial charge is 0.382 e. The standard InChI is InChI=1S/C11H18N4O/c1-15(4-5-16-8-9-2-3-9)11-7-13-6-10(12)14-11/h6-7,9H,2-5,8H2,1H3,(H2,12,14). The number of hydrogen-bond acceptors (Lipinski definition) is 5. The average molecular weight is 222 g/mol. The Hall–Kier alpha value is -1.36. The predicted octanol–water partition coefficient (Wildman–Crippen LogP) is 0.922. The van der Waals surface area contributed by atoms with Crippen molar-refractivity contribution in [3.8, 4) is 0 Å². The van der Waals surface area contributed by atoms with Crippen LogP contribution >= 0.6 is 0 Å². The molecule has 0 atom stereocenters. The van der Waals surface area contributed by atoms with Gasteiger partial charge in [-0.15, -0.1) is 0 Å². The molecule has 2 N–H and O–H groups in total. The Morgan fingerprint density at radius 2 is 2.31 bits per heavy atom. The predicted molar refractivity (Wildman–Crippen MR) is 63.3 cm³/mol. The van der Waals surface area contributed by atoms with Crippen LogP contribution in [0, 0.1) is 5.92 Å². The molecule has 0 bridgehead atoms. The second-order valence-electron chi connectivity index (χ2n) is 4.24. The first-order valence-electron chi connectivity index (χ1n) is 5.62. The van der Waals surface area contributed by atoms with Crippen molar-refractivity contribution in [3.05, 3.63) is 12.4 Å². The zero-order chi connectivity index (χ0) is 11.4. The van der Waals surface area contributed by atoms with Crippen molar-refractivity contribution in [3.63, 3.8) is 0 Å². The summed E-state index contributed by atoms with van der Waals surface area (Å²) < 4.78 is 5.56. The van der Waals surface area contributed by atoms with E-state index in [1.807, 2.05) is 11.9 Å². The molecule has 1 aromatic heterocycles. The maximum Gasteiger partial charge on any atom is 0.149 e. The molecule has 1 aliphatic rings. The fraction of sp³-hybridized carbons (Fsp3) is 0.636. The van der Waals surface area contributed by atoms with Gasteiger partial charge in [0, 0.05) is 20.2 Å². The number of likely N-dealkylation sites (N-methyl/N-ethyl adjacent to an activating group) is 1. The molecule has 0 radical (unpaired) electrons. The Labute approximate surface area is 95.6 Å². The van der Waals surface area contributed by atoms with Gasteiger partial charge >= 0.3 is 0 Å². The quantitative estimate of drug-likeness (QED) is 0.725. The zero-order valence-electron chi connectivity index (χ0n) is 9.59. The molecule has 0 amide bonds. The number of rotatable bonds is 6. The first kappa shape index (κ1) is 11.1. The molecule has 16 heavy (non-hydrogen) atoms. The molecule has 88 valence electrons. The minimum Gasteiger partial charge on any atom is -0.382 e. The van der Waals surface area contributed by atoms with Gasteiger partial charge in [0.05, 0.1) is 19.0 Å². The normalized spacial score (nSPS) is 15.1. The van der Waals surface area contributed by atoms with Crippen LogP contribution < -0.4 is 10.6 Å². The fourth-order valence-electron chi connectivity index (χ4n) is 1.40. The van der Waals surface area contributed by atoms with Gasteiger partial charge in [0.15, 0.2) is 0 Å². The highest BCUT2D eigenvalue weighted by atomic mass is 16.5. The summed E-state index contributed by atoms with van der Waals surface area (Å²) in [5.41, 5.74) is 5.57. The molecule has 5 heteroatoms. The summed E-state index contributed by atoms with van der Waals surface area (Å²) in [7, 11) is 1.96. The topological polar surface area (TPSA) is 64.3 Å². The number of ether oxygens (including phenoxy) is 1. The first-order chi connectivity index (χ1) is 7.75. The van der Waals surface area contributed by atoms with Crippen molar-refractivity contribution < 1.29 is 4.74 Å². The van der Waals surface area contributed by atoms with Crippen LogP contribution in [-0.2, 0) is 4.74 Å². The van der Waals surface area contributed by atoms with Crippen molar-refractivity contribution in [1.82, 2.24) is 9.97 Å². The van der Waals surface area contributed by atoms with Gasteiger partial charge in [-0.1, -0.05) is 0 Å². The van der Waals surface area contributed by atoms with Gasteiger partial charge in [-0.05, 0) is 18.8 Å². The third-order valence-electron chi connectivity index (χ3n) is 2.65. The molecule has 0 spiro atoms. The Balaban J connectivity index is 1.71. The van der Waals surface area contributed by atoms with Gasteiger partial charge in [-0.3, -0.25) is 4.98 Å². The lowest BCUT2D eigenvalue weighted by Crippen LogP contribution is -2.24. The van der Waals surface area contributed by atoms with E-state index in [9.17, 15) is 0 Å². The maximum absolute atomic E-state index is 5.57. The van der Waals surface area contributed by atoms with E-state index in [4.69, 9.17) is 10.5 Å². The first-order valence-corrected chi connectivity index (χ1v) is 5.62. The molecule has 1 heterocycles. The number of nitrogens with two attached hydrogens (primary N) is 1. The molecule has 0 unspecified atom stereocenters. The smallest absolute Gasteiger partial charge is 0.149 e. The lowest BCUT2D eigenvalue weighted by molar-refractivity contribution is 0.131. The van der Waals surface area contributed by atoms with Gasteiger partial charge in [-0.2, -0.15) is 0 Å². The summed E-state index contributed by atoms with van der Waals surface area (Å²) in [5, 5.41) is 0. The van der Waals surface area contributed by atoms with E-state index in [-0.39, 0.29) is 0 Å². The van der Waals surface area contributed by atoms with Crippen LogP contribution in [0.2, 0.25) is 0 Å². The summed E-state index contributed by atoms with van der Waals surface area (Å²) in [6, 6.07) is 0. The third-order valence-corrected chi connectivity index (χ3v) is 2.65. The Kier molecular flexibility index (Phi) is 3.56. The minimum atomic E-state index is 0.447. The maximum atomic E-state index is 5.57. The average Bonchev–Trinajstić information content (AvgIpc) is 3.08. The van der Waals surface area contributed by atoms with E-state index < -0.39 is 0 Å². The van der Waals surface area contributed by atoms with Crippen molar-refractivity contribution in [2.75, 3.05) is 37.4 Å². The van der Waals surface area contributed by atoms with Crippen LogP contribution in [0.4, 0.5) is 11.6 Å². The monoisotopic (exact) mass is 222 g/mol. The number of anilines is 2. The van der Waals surface area contributed by atoms with Crippen molar-refractivity contribution in [2.45, 2.75) is 12.8 Å². The van der Waals surface area contributed by atoms with E-state index in [1.54, 1.807) is 12.4 Å². The van der Waals surface area contributed by atoms with Crippen LogP contribution in [0.1, 0.15) is 12.8 Å². The number of hydrogen-bond donors (Lipinski definition) is 1. The highest BCUT2D eigenvalue weighted by Gasteiger charge is 2.20. The second-order valence-corrected chi connectivity index (χ2v) is 4.24. The van der Waals surface area contributed by atoms with E-state index in [2.05, 4.69) is 9.97 Å². The van der Waals surface area contributed by atoms with Crippen molar-refractivity contribution >= 4 is 11.6 Å². The number of nitrogen functional groups attached to an aromatic ring is 1. The molecular formula is C11H18N4O. The lowest BCUT2D eigenvalue weighted by Gasteiger charge is -2.17. The van der Waals surface area contributed by atoms with E-state index >= 15 is 0 Å². The van der Waals surface area contributed by atoms with Gasteiger partial charge in [0.1, 0.15) is 11.6 Å². The molecule has 1 aromatic rings. The lowest BCUT2D eigenvalue weighted by atomic mass is 10.5. The van der Waals surface area contributed by atoms with E-state index in [0.29, 0.717) is 5.82 Å². The molecule has 2 rings (SSSR count). The third kappa shape index (κ3) is 3.34. The molecule has 1 saturated carbocycles. The summed E-state index contributed by atoms with van der Waals surface area (Å²) >= 11 is 0. The second kappa shape index (κ2) is 5.12. The van der Waals surface area contributed by atoms with Gasteiger partial charge in [0.2, 0.25) is 0 Å². The number of nitrogens with zero attached hydrogens (tertiary/aromatic N) is 3. The van der Waals surface area contributed by atoms with Gasteiger partial charge < -0.3 is 15.4 Å². The molecule has 1 aliphatic carbocycles. The van der Waals surface area contributed by atoms with Crippen molar-refractivity contribution in [2.24, 2.45) is 5.92 Å². The summed E-state index contributed by atoms with van der Waals surface area (Å²) in [4.78, 5) is 10.2. The zero-order valence-corrected chi connectivity index (χ0v) is 9.59. The highest BCUT2D eigenvalue weighted by molar-refractivity contribution is 5.40. The summed E-state index contributed by atoms with van der Waals surface area (Å²) in [6.45, 7) is 2.44. The summed E-state index contributed by atoms with van der Waals surface area (Å²) in [5.74, 6) is 2.05. The van der Waals surface area contributed by atoms with E-state index in [1.165, 1.54) is 12.8 Å². The molecular weight excluding hydrogens is 204 g/mol. The summed E-state index contributed by atoms with van der Waals surface area (Å²) in [6.07, 6.45) is 5.91. The van der Waals surface area contributed by atoms with Gasteiger partial charge in [0.25, 0.3) is 0 Å². The molecule has 0 aromatic carbocycles.